The fourth-order valence-electron chi connectivity index (χ4n) is 2.61. The maximum Gasteiger partial charge on any atom is 0.365 e. The third-order valence-electron chi connectivity index (χ3n) is 3.79. The number of pyridine rings is 1. The number of carbonyl (C=O) groups excluding carboxylic acids is 3. The molecule has 0 fully saturated rings. The zero-order chi connectivity index (χ0) is 18.0. The van der Waals surface area contributed by atoms with Crippen LogP contribution in [0.2, 0.25) is 0 Å². The summed E-state index contributed by atoms with van der Waals surface area (Å²) in [6, 6.07) is 9.11. The van der Waals surface area contributed by atoms with Crippen molar-refractivity contribution >= 4 is 17.9 Å². The summed E-state index contributed by atoms with van der Waals surface area (Å²) < 4.78 is 15.0. The second-order valence-electron chi connectivity index (χ2n) is 5.45. The summed E-state index contributed by atoms with van der Waals surface area (Å²) >= 11 is 0. The quantitative estimate of drug-likeness (QED) is 0.608. The molecular weight excluding hydrogens is 326 g/mol. The molecule has 3 rings (SSSR count). The van der Waals surface area contributed by atoms with Crippen molar-refractivity contribution in [2.45, 2.75) is 20.1 Å². The molecule has 0 N–H and O–H groups in total. The standard InChI is InChI=1S/C18H15NO6/c1-10-12(9-23-2)13(14-15(19-10)18(22)25-17(14)21)16(20)24-8-11-6-4-3-5-7-11/h3-7H,8-9H2,1-2H3. The SMILES string of the molecule is COCc1c(C)nc2c(c1C(=O)OCc1ccccc1)C(=O)OC2=O. The van der Waals surface area contributed by atoms with Crippen LogP contribution in [0, 0.1) is 6.92 Å². The molecule has 0 bridgehead atoms. The Morgan fingerprint density at radius 3 is 2.52 bits per heavy atom. The first-order chi connectivity index (χ1) is 12.0. The number of aromatic nitrogens is 1. The predicted octanol–water partition coefficient (Wildman–Crippen LogP) is 2.20. The highest BCUT2D eigenvalue weighted by atomic mass is 16.6. The van der Waals surface area contributed by atoms with E-state index in [1.807, 2.05) is 30.3 Å². The predicted molar refractivity (Wildman–Crippen MR) is 85.0 cm³/mol. The maximum atomic E-state index is 12.7. The second-order valence-corrected chi connectivity index (χ2v) is 5.45. The van der Waals surface area contributed by atoms with Crippen LogP contribution in [-0.4, -0.2) is 30.0 Å². The Morgan fingerprint density at radius 2 is 1.84 bits per heavy atom. The summed E-state index contributed by atoms with van der Waals surface area (Å²) in [7, 11) is 1.45. The molecule has 2 heterocycles. The molecule has 128 valence electrons. The Morgan fingerprint density at radius 1 is 1.12 bits per heavy atom. The second kappa shape index (κ2) is 6.82. The number of ether oxygens (including phenoxy) is 3. The van der Waals surface area contributed by atoms with E-state index in [1.54, 1.807) is 6.92 Å². The third-order valence-corrected chi connectivity index (χ3v) is 3.79. The Labute approximate surface area is 143 Å². The highest BCUT2D eigenvalue weighted by Gasteiger charge is 2.39. The number of hydrogen-bond acceptors (Lipinski definition) is 7. The molecule has 1 aromatic carbocycles. The number of rotatable bonds is 5. The van der Waals surface area contributed by atoms with E-state index in [9.17, 15) is 14.4 Å². The van der Waals surface area contributed by atoms with Crippen molar-refractivity contribution < 1.29 is 28.6 Å². The minimum Gasteiger partial charge on any atom is -0.457 e. The van der Waals surface area contributed by atoms with Gasteiger partial charge in [-0.25, -0.2) is 19.4 Å². The van der Waals surface area contributed by atoms with Gasteiger partial charge in [0.25, 0.3) is 0 Å². The van der Waals surface area contributed by atoms with Gasteiger partial charge in [0.15, 0.2) is 5.69 Å². The van der Waals surface area contributed by atoms with Gasteiger partial charge >= 0.3 is 17.9 Å². The molecule has 0 unspecified atom stereocenters. The average molecular weight is 341 g/mol. The molecule has 0 amide bonds. The molecule has 0 radical (unpaired) electrons. The van der Waals surface area contributed by atoms with E-state index in [4.69, 9.17) is 9.47 Å². The van der Waals surface area contributed by atoms with Crippen LogP contribution in [0.15, 0.2) is 30.3 Å². The van der Waals surface area contributed by atoms with Crippen LogP contribution >= 0.6 is 0 Å². The Kier molecular flexibility index (Phi) is 4.58. The molecule has 1 aliphatic heterocycles. The van der Waals surface area contributed by atoms with Gasteiger partial charge in [-0.2, -0.15) is 0 Å². The van der Waals surface area contributed by atoms with Gasteiger partial charge in [0.05, 0.1) is 12.2 Å². The van der Waals surface area contributed by atoms with Crippen LogP contribution in [0.25, 0.3) is 0 Å². The summed E-state index contributed by atoms with van der Waals surface area (Å²) in [5, 5.41) is 0. The minimum absolute atomic E-state index is 0.0314. The average Bonchev–Trinajstić information content (AvgIpc) is 2.88. The van der Waals surface area contributed by atoms with Crippen molar-refractivity contribution in [3.8, 4) is 0 Å². The molecule has 7 nitrogen and oxygen atoms in total. The zero-order valence-corrected chi connectivity index (χ0v) is 13.7. The minimum atomic E-state index is -0.906. The van der Waals surface area contributed by atoms with E-state index in [0.29, 0.717) is 11.3 Å². The molecule has 7 heteroatoms. The number of carbonyl (C=O) groups is 3. The van der Waals surface area contributed by atoms with Gasteiger partial charge in [0, 0.05) is 18.4 Å². The monoisotopic (exact) mass is 341 g/mol. The molecule has 0 aliphatic carbocycles. The lowest BCUT2D eigenvalue weighted by Crippen LogP contribution is -2.17. The molecule has 2 aromatic rings. The lowest BCUT2D eigenvalue weighted by Gasteiger charge is -2.13. The van der Waals surface area contributed by atoms with Gasteiger partial charge in [0.1, 0.15) is 12.2 Å². The van der Waals surface area contributed by atoms with Gasteiger partial charge in [0.2, 0.25) is 0 Å². The van der Waals surface area contributed by atoms with Crippen LogP contribution in [-0.2, 0) is 27.4 Å². The molecule has 25 heavy (non-hydrogen) atoms. The van der Waals surface area contributed by atoms with Crippen molar-refractivity contribution in [3.05, 3.63) is 64.0 Å². The largest absolute Gasteiger partial charge is 0.457 e. The Balaban J connectivity index is 2.01. The van der Waals surface area contributed by atoms with Gasteiger partial charge in [-0.15, -0.1) is 0 Å². The van der Waals surface area contributed by atoms with E-state index in [0.717, 1.165) is 5.56 Å². The number of esters is 3. The van der Waals surface area contributed by atoms with Crippen LogP contribution in [0.3, 0.4) is 0 Å². The zero-order valence-electron chi connectivity index (χ0n) is 13.7. The topological polar surface area (TPSA) is 91.8 Å². The van der Waals surface area contributed by atoms with Crippen molar-refractivity contribution in [1.29, 1.82) is 0 Å². The molecule has 1 aromatic heterocycles. The van der Waals surface area contributed by atoms with E-state index < -0.39 is 17.9 Å². The molecule has 0 saturated heterocycles. The summed E-state index contributed by atoms with van der Waals surface area (Å²) in [6.07, 6.45) is 0. The number of benzene rings is 1. The van der Waals surface area contributed by atoms with Gasteiger partial charge in [-0.05, 0) is 12.5 Å². The summed E-state index contributed by atoms with van der Waals surface area (Å²) in [4.78, 5) is 40.5. The molecule has 0 saturated carbocycles. The Bertz CT molecular complexity index is 860. The number of hydrogen-bond donors (Lipinski definition) is 0. The smallest absolute Gasteiger partial charge is 0.365 e. The number of cyclic esters (lactones) is 2. The van der Waals surface area contributed by atoms with E-state index >= 15 is 0 Å². The number of aryl methyl sites for hydroxylation is 1. The van der Waals surface area contributed by atoms with Gasteiger partial charge in [-0.3, -0.25) is 0 Å². The number of fused-ring (bicyclic) bond motifs is 1. The van der Waals surface area contributed by atoms with Crippen LogP contribution in [0.5, 0.6) is 0 Å². The van der Waals surface area contributed by atoms with Crippen LogP contribution in [0.4, 0.5) is 0 Å². The van der Waals surface area contributed by atoms with Gasteiger partial charge < -0.3 is 14.2 Å². The first kappa shape index (κ1) is 16.8. The first-order valence-electron chi connectivity index (χ1n) is 7.53. The first-order valence-corrected chi connectivity index (χ1v) is 7.53. The highest BCUT2D eigenvalue weighted by Crippen LogP contribution is 2.28. The van der Waals surface area contributed by atoms with Crippen molar-refractivity contribution in [1.82, 2.24) is 4.98 Å². The van der Waals surface area contributed by atoms with Crippen molar-refractivity contribution in [3.63, 3.8) is 0 Å². The number of methoxy groups -OCH3 is 1. The summed E-state index contributed by atoms with van der Waals surface area (Å²) in [5.41, 5.74) is 1.22. The molecule has 0 atom stereocenters. The van der Waals surface area contributed by atoms with E-state index in [1.165, 1.54) is 7.11 Å². The number of nitrogens with zero attached hydrogens (tertiary/aromatic N) is 1. The van der Waals surface area contributed by atoms with E-state index in [2.05, 4.69) is 9.72 Å². The lowest BCUT2D eigenvalue weighted by atomic mass is 9.99. The van der Waals surface area contributed by atoms with Crippen molar-refractivity contribution in [2.24, 2.45) is 0 Å². The third kappa shape index (κ3) is 3.14. The highest BCUT2D eigenvalue weighted by molar-refractivity contribution is 6.18. The van der Waals surface area contributed by atoms with Crippen molar-refractivity contribution in [2.75, 3.05) is 7.11 Å². The fourth-order valence-corrected chi connectivity index (χ4v) is 2.61. The summed E-state index contributed by atoms with van der Waals surface area (Å²) in [6.45, 7) is 1.70. The normalized spacial score (nSPS) is 12.7. The molecule has 1 aliphatic rings. The van der Waals surface area contributed by atoms with Crippen LogP contribution in [0.1, 0.15) is 48.0 Å². The fraction of sp³-hybridized carbons (Fsp3) is 0.222. The van der Waals surface area contributed by atoms with E-state index in [-0.39, 0.29) is 30.0 Å². The lowest BCUT2D eigenvalue weighted by molar-refractivity contribution is 0.0418. The molecular formula is C18H15NO6. The Hall–Kier alpha value is -3.06. The van der Waals surface area contributed by atoms with Crippen LogP contribution < -0.4 is 0 Å². The molecule has 0 spiro atoms. The maximum absolute atomic E-state index is 12.7. The van der Waals surface area contributed by atoms with Gasteiger partial charge in [-0.1, -0.05) is 30.3 Å². The summed E-state index contributed by atoms with van der Waals surface area (Å²) in [5.74, 6) is -2.51.